The Balaban J connectivity index is 1.85. The van der Waals surface area contributed by atoms with Crippen LogP contribution >= 0.6 is 0 Å². The maximum Gasteiger partial charge on any atom is 0.327 e. The van der Waals surface area contributed by atoms with Crippen molar-refractivity contribution in [1.29, 1.82) is 0 Å². The standard InChI is InChI=1S/C18H25N5O4/c1-21-15-14(16(26)22(2)18(21)27)23(9-8-12-6-4-3-5-7-12)17(20-15)19-10-13(25)11-24/h3-7,13-15,24-25H,8-11H2,1-2H3,(H,19,20). The lowest BCUT2D eigenvalue weighted by Gasteiger charge is -2.39. The molecule has 0 aliphatic carbocycles. The molecule has 0 spiro atoms. The van der Waals surface area contributed by atoms with E-state index in [0.717, 1.165) is 10.5 Å². The number of guanidine groups is 1. The van der Waals surface area contributed by atoms with Crippen molar-refractivity contribution >= 4 is 17.9 Å². The summed E-state index contributed by atoms with van der Waals surface area (Å²) in [5.74, 6) is 0.147. The molecule has 0 saturated carbocycles. The van der Waals surface area contributed by atoms with E-state index in [1.165, 1.54) is 11.9 Å². The highest BCUT2D eigenvalue weighted by Gasteiger charge is 2.51. The van der Waals surface area contributed by atoms with Crippen LogP contribution in [0, 0.1) is 0 Å². The van der Waals surface area contributed by atoms with E-state index >= 15 is 0 Å². The maximum atomic E-state index is 12.8. The summed E-state index contributed by atoms with van der Waals surface area (Å²) in [6.07, 6.45) is -0.806. The number of hydrogen-bond acceptors (Lipinski definition) is 5. The van der Waals surface area contributed by atoms with E-state index in [1.807, 2.05) is 35.2 Å². The zero-order valence-electron chi connectivity index (χ0n) is 15.4. The Hall–Kier alpha value is -2.65. The summed E-state index contributed by atoms with van der Waals surface area (Å²) in [7, 11) is 3.11. The predicted octanol–water partition coefficient (Wildman–Crippen LogP) is -0.938. The monoisotopic (exact) mass is 375 g/mol. The van der Waals surface area contributed by atoms with E-state index in [9.17, 15) is 14.7 Å². The third-order valence-electron chi connectivity index (χ3n) is 4.92. The predicted molar refractivity (Wildman–Crippen MR) is 98.9 cm³/mol. The van der Waals surface area contributed by atoms with Gasteiger partial charge in [0.2, 0.25) is 0 Å². The number of benzene rings is 1. The van der Waals surface area contributed by atoms with Crippen LogP contribution in [0.25, 0.3) is 0 Å². The Morgan fingerprint density at radius 3 is 2.59 bits per heavy atom. The van der Waals surface area contributed by atoms with Crippen LogP contribution in [-0.2, 0) is 11.2 Å². The van der Waals surface area contributed by atoms with Gasteiger partial charge in [0.15, 0.2) is 12.0 Å². The van der Waals surface area contributed by atoms with Crippen molar-refractivity contribution in [3.63, 3.8) is 0 Å². The number of aliphatic hydroxyl groups excluding tert-OH is 2. The Labute approximate surface area is 157 Å². The van der Waals surface area contributed by atoms with Crippen molar-refractivity contribution in [2.45, 2.75) is 24.7 Å². The van der Waals surface area contributed by atoms with Crippen LogP contribution in [-0.4, -0.2) is 94.9 Å². The molecule has 3 atom stereocenters. The maximum absolute atomic E-state index is 12.8. The number of rotatable bonds is 6. The summed E-state index contributed by atoms with van der Waals surface area (Å²) in [5.41, 5.74) is 1.12. The molecule has 0 aromatic heterocycles. The van der Waals surface area contributed by atoms with Gasteiger partial charge in [-0.15, -0.1) is 0 Å². The fraction of sp³-hybridized carbons (Fsp3) is 0.500. The number of aliphatic hydroxyl groups is 2. The Morgan fingerprint density at radius 1 is 1.22 bits per heavy atom. The van der Waals surface area contributed by atoms with Gasteiger partial charge in [-0.25, -0.2) is 4.79 Å². The molecule has 1 aromatic carbocycles. The molecule has 2 saturated heterocycles. The molecule has 2 aliphatic heterocycles. The average molecular weight is 375 g/mol. The van der Waals surface area contributed by atoms with E-state index in [1.54, 1.807) is 7.05 Å². The second kappa shape index (κ2) is 7.93. The number of aliphatic imine (C=N–C) groups is 1. The van der Waals surface area contributed by atoms with E-state index in [4.69, 9.17) is 5.11 Å². The number of fused-ring (bicyclic) bond motifs is 1. The topological polar surface area (TPSA) is 109 Å². The Bertz CT molecular complexity index is 726. The molecule has 3 amide bonds. The van der Waals surface area contributed by atoms with Gasteiger partial charge in [-0.1, -0.05) is 30.3 Å². The Kier molecular flexibility index (Phi) is 5.62. The molecule has 2 fully saturated rings. The van der Waals surface area contributed by atoms with Crippen molar-refractivity contribution in [1.82, 2.24) is 20.0 Å². The third-order valence-corrected chi connectivity index (χ3v) is 4.92. The largest absolute Gasteiger partial charge is 0.394 e. The van der Waals surface area contributed by atoms with Gasteiger partial charge in [-0.3, -0.25) is 14.7 Å². The van der Waals surface area contributed by atoms with E-state index in [-0.39, 0.29) is 18.5 Å². The first kappa shape index (κ1) is 19.1. The first-order valence-corrected chi connectivity index (χ1v) is 8.89. The zero-order chi connectivity index (χ0) is 19.6. The minimum absolute atomic E-state index is 0.00179. The van der Waals surface area contributed by atoms with Gasteiger partial charge in [0.05, 0.1) is 19.3 Å². The number of carbonyl (C=O) groups is 2. The van der Waals surface area contributed by atoms with Crippen LogP contribution < -0.4 is 5.32 Å². The van der Waals surface area contributed by atoms with Gasteiger partial charge in [-0.05, 0) is 12.0 Å². The molecule has 1 aromatic rings. The average Bonchev–Trinajstić information content (AvgIpc) is 3.06. The molecule has 0 radical (unpaired) electrons. The van der Waals surface area contributed by atoms with E-state index in [2.05, 4.69) is 10.3 Å². The summed E-state index contributed by atoms with van der Waals surface area (Å²) in [6.45, 7) is 0.128. The van der Waals surface area contributed by atoms with Gasteiger partial charge in [-0.2, -0.15) is 0 Å². The first-order valence-electron chi connectivity index (χ1n) is 8.89. The number of nitrogens with zero attached hydrogens (tertiary/aromatic N) is 4. The summed E-state index contributed by atoms with van der Waals surface area (Å²) in [4.78, 5) is 33.8. The molecule has 3 rings (SSSR count). The first-order chi connectivity index (χ1) is 12.9. The summed E-state index contributed by atoms with van der Waals surface area (Å²) in [5, 5.41) is 21.8. The number of urea groups is 1. The molecule has 9 nitrogen and oxygen atoms in total. The molecule has 27 heavy (non-hydrogen) atoms. The van der Waals surface area contributed by atoms with Gasteiger partial charge >= 0.3 is 6.03 Å². The number of amides is 3. The molecule has 2 heterocycles. The van der Waals surface area contributed by atoms with Crippen LogP contribution in [0.3, 0.4) is 0 Å². The minimum atomic E-state index is -0.976. The number of imide groups is 1. The van der Waals surface area contributed by atoms with Crippen LogP contribution in [0.15, 0.2) is 35.3 Å². The number of nitrogens with one attached hydrogen (secondary N) is 1. The fourth-order valence-electron chi connectivity index (χ4n) is 3.35. The second-order valence-corrected chi connectivity index (χ2v) is 6.75. The molecular weight excluding hydrogens is 350 g/mol. The molecule has 0 bridgehead atoms. The van der Waals surface area contributed by atoms with Crippen LogP contribution in [0.2, 0.25) is 0 Å². The van der Waals surface area contributed by atoms with Crippen molar-refractivity contribution in [3.8, 4) is 0 Å². The highest BCUT2D eigenvalue weighted by molar-refractivity contribution is 6.04. The van der Waals surface area contributed by atoms with Crippen molar-refractivity contribution in [2.75, 3.05) is 33.8 Å². The summed E-state index contributed by atoms with van der Waals surface area (Å²) < 4.78 is 0. The lowest BCUT2D eigenvalue weighted by atomic mass is 10.1. The fourth-order valence-corrected chi connectivity index (χ4v) is 3.35. The quantitative estimate of drug-likeness (QED) is 0.592. The highest BCUT2D eigenvalue weighted by Crippen LogP contribution is 2.24. The normalized spacial score (nSPS) is 25.0. The molecule has 146 valence electrons. The van der Waals surface area contributed by atoms with Crippen LogP contribution in [0.4, 0.5) is 4.79 Å². The van der Waals surface area contributed by atoms with Gasteiger partial charge in [0.1, 0.15) is 6.17 Å². The summed E-state index contributed by atoms with van der Waals surface area (Å²) >= 11 is 0. The molecule has 9 heteroatoms. The lowest BCUT2D eigenvalue weighted by molar-refractivity contribution is -0.136. The number of hydrogen-bond donors (Lipinski definition) is 3. The van der Waals surface area contributed by atoms with E-state index < -0.39 is 24.9 Å². The summed E-state index contributed by atoms with van der Waals surface area (Å²) in [6, 6.07) is 8.91. The minimum Gasteiger partial charge on any atom is -0.394 e. The second-order valence-electron chi connectivity index (χ2n) is 6.75. The highest BCUT2D eigenvalue weighted by atomic mass is 16.3. The van der Waals surface area contributed by atoms with Crippen LogP contribution in [0.1, 0.15) is 5.56 Å². The van der Waals surface area contributed by atoms with E-state index in [0.29, 0.717) is 18.9 Å². The molecule has 2 aliphatic rings. The van der Waals surface area contributed by atoms with Gasteiger partial charge < -0.3 is 25.3 Å². The number of carbonyl (C=O) groups excluding carboxylic acids is 2. The third kappa shape index (κ3) is 3.74. The Morgan fingerprint density at radius 2 is 1.93 bits per heavy atom. The molecular formula is C18H25N5O4. The number of likely N-dealkylation sites (N-methyl/N-ethyl adjacent to an activating group) is 2. The smallest absolute Gasteiger partial charge is 0.327 e. The molecule has 3 unspecified atom stereocenters. The van der Waals surface area contributed by atoms with Gasteiger partial charge in [0.25, 0.3) is 5.91 Å². The van der Waals surface area contributed by atoms with Crippen LogP contribution in [0.5, 0.6) is 0 Å². The SMILES string of the molecule is CN1C(=O)C2C(NC(=NCC(O)CO)N2CCc2ccccc2)N(C)C1=O. The van der Waals surface area contributed by atoms with Crippen molar-refractivity contribution in [2.24, 2.45) is 4.99 Å². The lowest BCUT2D eigenvalue weighted by Crippen LogP contribution is -2.65. The zero-order valence-corrected chi connectivity index (χ0v) is 15.4. The van der Waals surface area contributed by atoms with Crippen molar-refractivity contribution < 1.29 is 19.8 Å². The molecule has 3 N–H and O–H groups in total. The van der Waals surface area contributed by atoms with Gasteiger partial charge in [0, 0.05) is 20.6 Å². The van der Waals surface area contributed by atoms with Crippen molar-refractivity contribution in [3.05, 3.63) is 35.9 Å².